The smallest absolute Gasteiger partial charge is 0.343 e. The molecule has 0 radical (unpaired) electrons. The summed E-state index contributed by atoms with van der Waals surface area (Å²) >= 11 is 0. The average molecular weight is 428 g/mol. The minimum absolute atomic E-state index is 0.000563. The Bertz CT molecular complexity index is 1330. The van der Waals surface area contributed by atoms with Crippen molar-refractivity contribution in [2.75, 3.05) is 6.61 Å². The van der Waals surface area contributed by atoms with Gasteiger partial charge in [0, 0.05) is 18.1 Å². The van der Waals surface area contributed by atoms with Gasteiger partial charge in [0.2, 0.25) is 5.43 Å². The summed E-state index contributed by atoms with van der Waals surface area (Å²) in [6, 6.07) is 7.18. The quantitative estimate of drug-likeness (QED) is 0.360. The fraction of sp³-hybridized carbons (Fsp3) is 0.143. The summed E-state index contributed by atoms with van der Waals surface area (Å²) in [5.41, 5.74) is -0.705. The van der Waals surface area contributed by atoms with Crippen LogP contribution in [0.25, 0.3) is 16.6 Å². The van der Waals surface area contributed by atoms with E-state index in [1.165, 1.54) is 6.20 Å². The van der Waals surface area contributed by atoms with Gasteiger partial charge in [-0.15, -0.1) is 5.10 Å². The van der Waals surface area contributed by atoms with Gasteiger partial charge in [-0.05, 0) is 30.7 Å². The second-order valence-electron chi connectivity index (χ2n) is 6.61. The van der Waals surface area contributed by atoms with Crippen LogP contribution in [0, 0.1) is 17.5 Å². The van der Waals surface area contributed by atoms with Crippen LogP contribution in [0.5, 0.6) is 0 Å². The number of rotatable bonds is 5. The van der Waals surface area contributed by atoms with Crippen LogP contribution in [0.1, 0.15) is 22.8 Å². The summed E-state index contributed by atoms with van der Waals surface area (Å²) in [5.74, 6) is -5.73. The van der Waals surface area contributed by atoms with Gasteiger partial charge in [0.1, 0.15) is 5.56 Å². The van der Waals surface area contributed by atoms with Crippen molar-refractivity contribution in [1.29, 1.82) is 0 Å². The summed E-state index contributed by atoms with van der Waals surface area (Å²) in [6.45, 7) is 1.98. The lowest BCUT2D eigenvalue weighted by Gasteiger charge is -2.15. The van der Waals surface area contributed by atoms with Crippen LogP contribution in [0.3, 0.4) is 0 Å². The fourth-order valence-electron chi connectivity index (χ4n) is 3.22. The number of halogens is 3. The Labute approximate surface area is 173 Å². The Balaban J connectivity index is 1.91. The highest BCUT2D eigenvalue weighted by Gasteiger charge is 2.23. The molecule has 0 N–H and O–H groups in total. The first kappa shape index (κ1) is 20.3. The molecule has 7 nitrogen and oxygen atoms in total. The number of ether oxygens (including phenoxy) is 1. The number of carbonyl (C=O) groups is 1. The summed E-state index contributed by atoms with van der Waals surface area (Å²) in [7, 11) is 0. The number of aromatic nitrogens is 4. The Morgan fingerprint density at radius 1 is 1.13 bits per heavy atom. The molecule has 31 heavy (non-hydrogen) atoms. The highest BCUT2D eigenvalue weighted by atomic mass is 19.2. The number of fused-ring (bicyclic) bond motifs is 1. The van der Waals surface area contributed by atoms with E-state index in [9.17, 15) is 22.8 Å². The first-order valence-electron chi connectivity index (χ1n) is 9.24. The van der Waals surface area contributed by atoms with Crippen molar-refractivity contribution in [3.8, 4) is 5.69 Å². The molecule has 4 rings (SSSR count). The molecule has 2 aromatic heterocycles. The standard InChI is InChI=1S/C21H15F3N4O3/c1-2-31-21(30)15-11-28(19-14(20(15)29)9-16(22)17(23)18(19)24)13-5-3-12(4-6-13)10-27-8-7-25-26-27/h3-9,11H,2,10H2,1H3. The SMILES string of the molecule is CCOC(=O)c1cn(-c2ccc(Cn3ccnn3)cc2)c2c(F)c(F)c(F)cc2c1=O. The number of nitrogens with zero attached hydrogens (tertiary/aromatic N) is 4. The molecule has 0 unspecified atom stereocenters. The van der Waals surface area contributed by atoms with Gasteiger partial charge in [-0.2, -0.15) is 0 Å². The van der Waals surface area contributed by atoms with Crippen LogP contribution in [-0.2, 0) is 11.3 Å². The molecule has 158 valence electrons. The third kappa shape index (κ3) is 3.67. The van der Waals surface area contributed by atoms with E-state index < -0.39 is 45.3 Å². The Morgan fingerprint density at radius 3 is 2.52 bits per heavy atom. The largest absolute Gasteiger partial charge is 0.462 e. The highest BCUT2D eigenvalue weighted by Crippen LogP contribution is 2.25. The van der Waals surface area contributed by atoms with Gasteiger partial charge in [-0.1, -0.05) is 17.3 Å². The minimum atomic E-state index is -1.72. The summed E-state index contributed by atoms with van der Waals surface area (Å²) in [6.07, 6.45) is 4.28. The summed E-state index contributed by atoms with van der Waals surface area (Å²) in [5, 5.41) is 7.11. The van der Waals surface area contributed by atoms with E-state index >= 15 is 0 Å². The first-order valence-corrected chi connectivity index (χ1v) is 9.24. The molecule has 0 atom stereocenters. The van der Waals surface area contributed by atoms with Crippen molar-refractivity contribution in [1.82, 2.24) is 19.6 Å². The van der Waals surface area contributed by atoms with Crippen LogP contribution < -0.4 is 5.43 Å². The maximum absolute atomic E-state index is 14.7. The van der Waals surface area contributed by atoms with Crippen LogP contribution in [0.4, 0.5) is 13.2 Å². The minimum Gasteiger partial charge on any atom is -0.462 e. The highest BCUT2D eigenvalue weighted by molar-refractivity contribution is 5.94. The van der Waals surface area contributed by atoms with Gasteiger partial charge < -0.3 is 9.30 Å². The van der Waals surface area contributed by atoms with Crippen LogP contribution in [0.2, 0.25) is 0 Å². The van der Waals surface area contributed by atoms with Crippen molar-refractivity contribution in [3.63, 3.8) is 0 Å². The van der Waals surface area contributed by atoms with Gasteiger partial charge in [0.15, 0.2) is 17.5 Å². The molecule has 2 heterocycles. The van der Waals surface area contributed by atoms with E-state index in [4.69, 9.17) is 4.74 Å². The fourth-order valence-corrected chi connectivity index (χ4v) is 3.22. The molecule has 0 aliphatic rings. The van der Waals surface area contributed by atoms with Gasteiger partial charge in [0.05, 0.1) is 30.3 Å². The Morgan fingerprint density at radius 2 is 1.87 bits per heavy atom. The molecule has 0 bridgehead atoms. The number of hydrogen-bond acceptors (Lipinski definition) is 5. The molecule has 0 aliphatic heterocycles. The van der Waals surface area contributed by atoms with Crippen LogP contribution in [-0.4, -0.2) is 32.1 Å². The van der Waals surface area contributed by atoms with Gasteiger partial charge in [-0.3, -0.25) is 4.79 Å². The molecule has 2 aromatic carbocycles. The van der Waals surface area contributed by atoms with E-state index in [2.05, 4.69) is 10.3 Å². The third-order valence-corrected chi connectivity index (χ3v) is 4.65. The van der Waals surface area contributed by atoms with E-state index in [0.29, 0.717) is 18.3 Å². The van der Waals surface area contributed by atoms with Gasteiger partial charge >= 0.3 is 5.97 Å². The lowest BCUT2D eigenvalue weighted by molar-refractivity contribution is 0.0524. The average Bonchev–Trinajstić information content (AvgIpc) is 3.26. The second-order valence-corrected chi connectivity index (χ2v) is 6.61. The lowest BCUT2D eigenvalue weighted by atomic mass is 10.1. The predicted octanol–water partition coefficient (Wildman–Crippen LogP) is 3.22. The molecular weight excluding hydrogens is 413 g/mol. The van der Waals surface area contributed by atoms with Crippen molar-refractivity contribution in [3.05, 3.63) is 87.7 Å². The van der Waals surface area contributed by atoms with E-state index in [1.807, 2.05) is 0 Å². The molecule has 0 fully saturated rings. The molecule has 0 aliphatic carbocycles. The van der Waals surface area contributed by atoms with Crippen molar-refractivity contribution >= 4 is 16.9 Å². The second kappa shape index (κ2) is 8.05. The van der Waals surface area contributed by atoms with Crippen molar-refractivity contribution < 1.29 is 22.7 Å². The zero-order chi connectivity index (χ0) is 22.1. The molecule has 10 heteroatoms. The molecule has 0 amide bonds. The molecule has 0 saturated carbocycles. The van der Waals surface area contributed by atoms with E-state index in [0.717, 1.165) is 16.3 Å². The number of esters is 1. The topological polar surface area (TPSA) is 79.0 Å². The zero-order valence-corrected chi connectivity index (χ0v) is 16.2. The Hall–Kier alpha value is -3.95. The van der Waals surface area contributed by atoms with Crippen molar-refractivity contribution in [2.45, 2.75) is 13.5 Å². The Kier molecular flexibility index (Phi) is 5.28. The number of benzene rings is 2. The molecular formula is C21H15F3N4O3. The first-order chi connectivity index (χ1) is 14.9. The van der Waals surface area contributed by atoms with Crippen molar-refractivity contribution in [2.24, 2.45) is 0 Å². The maximum Gasteiger partial charge on any atom is 0.343 e. The van der Waals surface area contributed by atoms with E-state index in [1.54, 1.807) is 42.1 Å². The monoisotopic (exact) mass is 428 g/mol. The molecule has 0 spiro atoms. The zero-order valence-electron chi connectivity index (χ0n) is 16.2. The van der Waals surface area contributed by atoms with Gasteiger partial charge in [0.25, 0.3) is 0 Å². The van der Waals surface area contributed by atoms with E-state index in [-0.39, 0.29) is 6.61 Å². The van der Waals surface area contributed by atoms with Crippen LogP contribution in [0.15, 0.2) is 53.7 Å². The predicted molar refractivity (Wildman–Crippen MR) is 104 cm³/mol. The molecule has 4 aromatic rings. The third-order valence-electron chi connectivity index (χ3n) is 4.65. The summed E-state index contributed by atoms with van der Waals surface area (Å²) in [4.78, 5) is 24.9. The van der Waals surface area contributed by atoms with Gasteiger partial charge in [-0.25, -0.2) is 22.6 Å². The molecule has 0 saturated heterocycles. The number of hydrogen-bond donors (Lipinski definition) is 0. The normalized spacial score (nSPS) is 11.1. The number of carbonyl (C=O) groups excluding carboxylic acids is 1. The maximum atomic E-state index is 14.7. The lowest BCUT2D eigenvalue weighted by Crippen LogP contribution is -2.21. The number of pyridine rings is 1. The summed E-state index contributed by atoms with van der Waals surface area (Å²) < 4.78 is 50.1. The van der Waals surface area contributed by atoms with Crippen LogP contribution >= 0.6 is 0 Å².